The Morgan fingerprint density at radius 3 is 2.63 bits per heavy atom. The van der Waals surface area contributed by atoms with Gasteiger partial charge in [-0.15, -0.1) is 11.3 Å². The molecule has 0 radical (unpaired) electrons. The summed E-state index contributed by atoms with van der Waals surface area (Å²) in [7, 11) is -7.00. The van der Waals surface area contributed by atoms with Crippen molar-refractivity contribution in [2.24, 2.45) is 0 Å². The van der Waals surface area contributed by atoms with E-state index in [1.165, 1.54) is 5.38 Å². The van der Waals surface area contributed by atoms with Crippen LogP contribution in [-0.4, -0.2) is 45.3 Å². The number of anilines is 1. The highest BCUT2D eigenvalue weighted by atomic mass is 32.2. The molecule has 27 heavy (non-hydrogen) atoms. The van der Waals surface area contributed by atoms with Crippen molar-refractivity contribution < 1.29 is 26.0 Å². The van der Waals surface area contributed by atoms with E-state index in [1.807, 2.05) is 0 Å². The predicted octanol–water partition coefficient (Wildman–Crippen LogP) is 0.929. The molecule has 146 valence electrons. The first-order chi connectivity index (χ1) is 12.6. The molecule has 0 unspecified atom stereocenters. The Bertz CT molecular complexity index is 1050. The highest BCUT2D eigenvalue weighted by molar-refractivity contribution is 7.93. The summed E-state index contributed by atoms with van der Waals surface area (Å²) in [6.45, 7) is 0. The Hall–Kier alpha value is -2.05. The zero-order valence-corrected chi connectivity index (χ0v) is 16.3. The molecule has 1 aliphatic heterocycles. The molecule has 1 fully saturated rings. The van der Waals surface area contributed by atoms with Crippen LogP contribution in [-0.2, 0) is 31.1 Å². The summed E-state index contributed by atoms with van der Waals surface area (Å²) in [6.07, 6.45) is 0.291. The number of carbonyl (C=O) groups excluding carboxylic acids is 1. The first kappa shape index (κ1) is 19.7. The molecule has 1 aromatic carbocycles. The Morgan fingerprint density at radius 1 is 1.30 bits per heavy atom. The number of sulfone groups is 1. The van der Waals surface area contributed by atoms with E-state index >= 15 is 0 Å². The predicted molar refractivity (Wildman–Crippen MR) is 98.2 cm³/mol. The van der Waals surface area contributed by atoms with E-state index in [4.69, 9.17) is 0 Å². The molecule has 0 bridgehead atoms. The van der Waals surface area contributed by atoms with Crippen LogP contribution < -0.4 is 10.0 Å². The van der Waals surface area contributed by atoms with Crippen LogP contribution in [0.2, 0.25) is 0 Å². The number of nitrogens with zero attached hydrogens (tertiary/aromatic N) is 1. The number of sulfonamides is 1. The van der Waals surface area contributed by atoms with E-state index in [9.17, 15) is 26.0 Å². The second-order valence-electron chi connectivity index (χ2n) is 6.05. The van der Waals surface area contributed by atoms with E-state index in [1.54, 1.807) is 0 Å². The Balaban J connectivity index is 1.59. The maximum Gasteiger partial charge on any atom is 0.263 e. The van der Waals surface area contributed by atoms with Crippen molar-refractivity contribution in [3.63, 3.8) is 0 Å². The van der Waals surface area contributed by atoms with Gasteiger partial charge >= 0.3 is 0 Å². The van der Waals surface area contributed by atoms with Crippen LogP contribution in [0.15, 0.2) is 34.5 Å². The number of hydrogen-bond acceptors (Lipinski definition) is 7. The summed E-state index contributed by atoms with van der Waals surface area (Å²) in [4.78, 5) is 16.0. The maximum atomic E-state index is 12.9. The average molecular weight is 434 g/mol. The van der Waals surface area contributed by atoms with Crippen molar-refractivity contribution in [2.75, 3.05) is 16.2 Å². The molecule has 1 aliphatic rings. The zero-order valence-electron chi connectivity index (χ0n) is 13.9. The Labute approximate surface area is 159 Å². The molecule has 8 nitrogen and oxygen atoms in total. The molecular weight excluding hydrogens is 417 g/mol. The van der Waals surface area contributed by atoms with E-state index in [0.717, 1.165) is 35.6 Å². The lowest BCUT2D eigenvalue weighted by Crippen LogP contribution is -2.36. The van der Waals surface area contributed by atoms with Crippen molar-refractivity contribution in [3.05, 3.63) is 41.2 Å². The normalized spacial score (nSPS) is 18.9. The third-order valence-electron chi connectivity index (χ3n) is 3.84. The second kappa shape index (κ2) is 7.52. The van der Waals surface area contributed by atoms with Crippen LogP contribution in [0.3, 0.4) is 0 Å². The molecule has 1 aromatic heterocycles. The van der Waals surface area contributed by atoms with Gasteiger partial charge in [-0.1, -0.05) is 0 Å². The molecule has 1 amide bonds. The molecule has 0 spiro atoms. The number of aromatic nitrogens is 1. The summed E-state index contributed by atoms with van der Waals surface area (Å²) in [6, 6.07) is 3.94. The van der Waals surface area contributed by atoms with Crippen molar-refractivity contribution in [3.8, 4) is 0 Å². The van der Waals surface area contributed by atoms with Crippen LogP contribution >= 0.6 is 11.3 Å². The Kier molecular flexibility index (Phi) is 5.49. The molecule has 0 aliphatic carbocycles. The summed E-state index contributed by atoms with van der Waals surface area (Å²) < 4.78 is 62.5. The van der Waals surface area contributed by atoms with E-state index in [2.05, 4.69) is 15.0 Å². The molecule has 2 heterocycles. The standard InChI is InChI=1S/C15H16FN3O5S3/c16-10-1-3-13(4-2-10)27(23,24)19-15-18-12(8-25-15)7-14(20)17-11-5-6-26(21,22)9-11/h1-4,8,11H,5-7,9H2,(H,17,20)(H,18,19)/t11-/m1/s1. The minimum Gasteiger partial charge on any atom is -0.352 e. The van der Waals surface area contributed by atoms with Gasteiger partial charge in [-0.2, -0.15) is 0 Å². The van der Waals surface area contributed by atoms with Crippen LogP contribution in [0.4, 0.5) is 9.52 Å². The highest BCUT2D eigenvalue weighted by Gasteiger charge is 2.29. The van der Waals surface area contributed by atoms with Gasteiger partial charge in [0.1, 0.15) is 5.82 Å². The van der Waals surface area contributed by atoms with Gasteiger partial charge in [0.05, 0.1) is 28.5 Å². The number of nitrogens with one attached hydrogen (secondary N) is 2. The van der Waals surface area contributed by atoms with E-state index < -0.39 is 31.7 Å². The lowest BCUT2D eigenvalue weighted by Gasteiger charge is -2.09. The van der Waals surface area contributed by atoms with Gasteiger partial charge in [-0.25, -0.2) is 26.2 Å². The van der Waals surface area contributed by atoms with Crippen LogP contribution in [0, 0.1) is 5.82 Å². The first-order valence-corrected chi connectivity index (χ1v) is 12.0. The fraction of sp³-hybridized carbons (Fsp3) is 0.333. The van der Waals surface area contributed by atoms with Gasteiger partial charge < -0.3 is 5.32 Å². The van der Waals surface area contributed by atoms with Gasteiger partial charge in [0.25, 0.3) is 10.0 Å². The number of halogens is 1. The average Bonchev–Trinajstić information content (AvgIpc) is 3.13. The fourth-order valence-electron chi connectivity index (χ4n) is 2.57. The number of thiazole rings is 1. The van der Waals surface area contributed by atoms with Gasteiger partial charge in [0, 0.05) is 11.4 Å². The quantitative estimate of drug-likeness (QED) is 0.699. The fourth-order valence-corrected chi connectivity index (χ4v) is 6.21. The molecule has 3 rings (SSSR count). The van der Waals surface area contributed by atoms with Crippen molar-refractivity contribution in [1.82, 2.24) is 10.3 Å². The number of hydrogen-bond donors (Lipinski definition) is 2. The zero-order chi connectivity index (χ0) is 19.7. The minimum atomic E-state index is -3.91. The second-order valence-corrected chi connectivity index (χ2v) is 10.8. The molecule has 12 heteroatoms. The van der Waals surface area contributed by atoms with Crippen molar-refractivity contribution >= 4 is 42.2 Å². The number of carbonyl (C=O) groups is 1. The topological polar surface area (TPSA) is 122 Å². The minimum absolute atomic E-state index is 0.0595. The molecule has 2 aromatic rings. The monoisotopic (exact) mass is 433 g/mol. The molecular formula is C15H16FN3O5S3. The highest BCUT2D eigenvalue weighted by Crippen LogP contribution is 2.21. The van der Waals surface area contributed by atoms with Gasteiger partial charge in [-0.3, -0.25) is 9.52 Å². The molecule has 2 N–H and O–H groups in total. The SMILES string of the molecule is O=C(Cc1csc(NS(=O)(=O)c2ccc(F)cc2)n1)N[C@@H]1CCS(=O)(=O)C1. The summed E-state index contributed by atoms with van der Waals surface area (Å²) >= 11 is 1.01. The molecule has 1 atom stereocenters. The first-order valence-electron chi connectivity index (χ1n) is 7.85. The largest absolute Gasteiger partial charge is 0.352 e. The molecule has 0 saturated carbocycles. The van der Waals surface area contributed by atoms with E-state index in [0.29, 0.717) is 12.1 Å². The lowest BCUT2D eigenvalue weighted by molar-refractivity contribution is -0.121. The number of rotatable bonds is 6. The summed E-state index contributed by atoms with van der Waals surface area (Å²) in [5.74, 6) is -0.940. The smallest absolute Gasteiger partial charge is 0.263 e. The Morgan fingerprint density at radius 2 is 2.00 bits per heavy atom. The van der Waals surface area contributed by atoms with Crippen molar-refractivity contribution in [2.45, 2.75) is 23.8 Å². The van der Waals surface area contributed by atoms with Crippen molar-refractivity contribution in [1.29, 1.82) is 0 Å². The third-order valence-corrected chi connectivity index (χ3v) is 7.90. The summed E-state index contributed by atoms with van der Waals surface area (Å²) in [5.41, 5.74) is 0.357. The number of amides is 1. The van der Waals surface area contributed by atoms with Gasteiger partial charge in [0.2, 0.25) is 5.91 Å². The lowest BCUT2D eigenvalue weighted by atomic mass is 10.2. The van der Waals surface area contributed by atoms with Gasteiger partial charge in [0.15, 0.2) is 15.0 Å². The molecule has 1 saturated heterocycles. The van der Waals surface area contributed by atoms with Crippen LogP contribution in [0.25, 0.3) is 0 Å². The maximum absolute atomic E-state index is 12.9. The van der Waals surface area contributed by atoms with Crippen LogP contribution in [0.5, 0.6) is 0 Å². The van der Waals surface area contributed by atoms with Crippen LogP contribution in [0.1, 0.15) is 12.1 Å². The third kappa shape index (κ3) is 5.23. The summed E-state index contributed by atoms with van der Waals surface area (Å²) in [5, 5.41) is 4.25. The van der Waals surface area contributed by atoms with E-state index in [-0.39, 0.29) is 33.9 Å². The van der Waals surface area contributed by atoms with Gasteiger partial charge in [-0.05, 0) is 30.7 Å². The number of benzene rings is 1.